The number of carbonyl (C=O) groups is 1. The Labute approximate surface area is 153 Å². The molecule has 12 heteroatoms. The summed E-state index contributed by atoms with van der Waals surface area (Å²) in [6.07, 6.45) is 2.44. The smallest absolute Gasteiger partial charge is 0.451 e. The van der Waals surface area contributed by atoms with Crippen LogP contribution in [0.4, 0.5) is 0 Å². The second kappa shape index (κ2) is 7.34. The zero-order valence-electron chi connectivity index (χ0n) is 14.6. The van der Waals surface area contributed by atoms with Crippen molar-refractivity contribution in [1.82, 2.24) is 13.9 Å². The van der Waals surface area contributed by atoms with Crippen LogP contribution in [0.15, 0.2) is 0 Å². The van der Waals surface area contributed by atoms with Crippen LogP contribution >= 0.6 is 0 Å². The zero-order valence-corrected chi connectivity index (χ0v) is 15.4. The van der Waals surface area contributed by atoms with E-state index in [1.807, 2.05) is 0 Å². The number of nitrogens with zero attached hydrogens (tertiary/aromatic N) is 2. The van der Waals surface area contributed by atoms with E-state index in [0.717, 1.165) is 12.8 Å². The number of rotatable bonds is 9. The number of hydrogen-bond donors (Lipinski definition) is 5. The molecule has 1 saturated carbocycles. The molecule has 0 spiro atoms. The van der Waals surface area contributed by atoms with Crippen LogP contribution in [-0.4, -0.2) is 89.1 Å². The Morgan fingerprint density at radius 3 is 2.42 bits per heavy atom. The van der Waals surface area contributed by atoms with Crippen LogP contribution in [0.3, 0.4) is 0 Å². The largest absolute Gasteiger partial charge is 0.480 e. The van der Waals surface area contributed by atoms with Crippen LogP contribution in [0.2, 0.25) is 6.32 Å². The minimum atomic E-state index is -3.79. The topological polar surface area (TPSA) is 156 Å². The third-order valence-electron chi connectivity index (χ3n) is 5.62. The molecule has 0 aromatic rings. The molecular formula is C14H27BN4O6S. The Hall–Kier alpha value is -0.755. The van der Waals surface area contributed by atoms with Gasteiger partial charge in [0.25, 0.3) is 10.2 Å². The van der Waals surface area contributed by atoms with Crippen molar-refractivity contribution in [3.05, 3.63) is 0 Å². The summed E-state index contributed by atoms with van der Waals surface area (Å²) in [7, 11) is -5.26. The third-order valence-corrected chi connectivity index (χ3v) is 7.68. The van der Waals surface area contributed by atoms with Crippen molar-refractivity contribution in [3.8, 4) is 0 Å². The van der Waals surface area contributed by atoms with E-state index >= 15 is 0 Å². The molecule has 10 nitrogen and oxygen atoms in total. The van der Waals surface area contributed by atoms with Crippen molar-refractivity contribution in [2.75, 3.05) is 26.2 Å². The predicted octanol–water partition coefficient (Wildman–Crippen LogP) is -2.37. The molecule has 148 valence electrons. The Bertz CT molecular complexity index is 641. The Morgan fingerprint density at radius 1 is 1.31 bits per heavy atom. The highest BCUT2D eigenvalue weighted by Crippen LogP contribution is 2.38. The summed E-state index contributed by atoms with van der Waals surface area (Å²) in [5.74, 6) is -1.80. The molecule has 2 aliphatic heterocycles. The van der Waals surface area contributed by atoms with Crippen LogP contribution in [0.1, 0.15) is 25.7 Å². The summed E-state index contributed by atoms with van der Waals surface area (Å²) in [6, 6.07) is -0.0965. The highest BCUT2D eigenvalue weighted by Gasteiger charge is 2.55. The van der Waals surface area contributed by atoms with Gasteiger partial charge in [0.15, 0.2) is 0 Å². The van der Waals surface area contributed by atoms with Gasteiger partial charge in [0, 0.05) is 38.1 Å². The van der Waals surface area contributed by atoms with Crippen LogP contribution < -0.4 is 11.1 Å². The highest BCUT2D eigenvalue weighted by molar-refractivity contribution is 7.86. The zero-order chi connectivity index (χ0) is 19.1. The summed E-state index contributed by atoms with van der Waals surface area (Å²) in [6.45, 7) is 0.985. The molecule has 1 aliphatic carbocycles. The monoisotopic (exact) mass is 390 g/mol. The highest BCUT2D eigenvalue weighted by atomic mass is 32.2. The third kappa shape index (κ3) is 3.77. The Kier molecular flexibility index (Phi) is 5.64. The minimum Gasteiger partial charge on any atom is -0.480 e. The van der Waals surface area contributed by atoms with Crippen LogP contribution in [0, 0.1) is 5.92 Å². The SMILES string of the molecule is N[C@@]1(C(=O)O)CN(S(=O)(=O)N(C2CC2)C2CNC2)C[C@@H]1CCCB(O)O. The summed E-state index contributed by atoms with van der Waals surface area (Å²) in [5, 5.41) is 30.6. The Morgan fingerprint density at radius 2 is 1.96 bits per heavy atom. The van der Waals surface area contributed by atoms with Gasteiger partial charge in [-0.25, -0.2) is 0 Å². The lowest BCUT2D eigenvalue weighted by Gasteiger charge is -2.39. The normalized spacial score (nSPS) is 30.5. The van der Waals surface area contributed by atoms with Crippen LogP contribution in [0.25, 0.3) is 0 Å². The number of nitrogens with one attached hydrogen (secondary N) is 1. The first-order valence-corrected chi connectivity index (χ1v) is 10.4. The number of nitrogens with two attached hydrogens (primary N) is 1. The molecule has 0 aromatic heterocycles. The second-order valence-corrected chi connectivity index (χ2v) is 9.46. The molecule has 26 heavy (non-hydrogen) atoms. The van der Waals surface area contributed by atoms with Gasteiger partial charge in [-0.05, 0) is 25.6 Å². The van der Waals surface area contributed by atoms with E-state index in [1.54, 1.807) is 0 Å². The molecular weight excluding hydrogens is 363 g/mol. The molecule has 6 N–H and O–H groups in total. The molecule has 0 bridgehead atoms. The standard InChI is InChI=1S/C14H27BN4O6S/c16-14(13(20)21)9-18(8-10(14)2-1-5-15(22)23)26(24,25)19(11-3-4-11)12-6-17-7-12/h10-12,17,22-23H,1-9,16H2,(H,20,21)/t10-,14-/m0/s1. The molecule has 2 atom stereocenters. The molecule has 0 aromatic carbocycles. The average molecular weight is 390 g/mol. The van der Waals surface area contributed by atoms with Crippen molar-refractivity contribution >= 4 is 23.3 Å². The summed E-state index contributed by atoms with van der Waals surface area (Å²) >= 11 is 0. The molecule has 2 saturated heterocycles. The van der Waals surface area contributed by atoms with E-state index in [4.69, 9.17) is 15.8 Å². The van der Waals surface area contributed by atoms with E-state index in [-0.39, 0.29) is 31.5 Å². The first-order valence-electron chi connectivity index (χ1n) is 9.04. The first kappa shape index (κ1) is 20.0. The maximum atomic E-state index is 13.2. The molecule has 0 radical (unpaired) electrons. The lowest BCUT2D eigenvalue weighted by atomic mass is 9.78. The molecule has 0 amide bonds. The summed E-state index contributed by atoms with van der Waals surface area (Å²) < 4.78 is 29.1. The molecule has 0 unspecified atom stereocenters. The van der Waals surface area contributed by atoms with E-state index in [9.17, 15) is 18.3 Å². The van der Waals surface area contributed by atoms with Gasteiger partial charge in [0.1, 0.15) is 5.54 Å². The molecule has 3 fully saturated rings. The lowest BCUT2D eigenvalue weighted by molar-refractivity contribution is -0.144. The van der Waals surface area contributed by atoms with E-state index in [2.05, 4.69) is 5.32 Å². The number of carboxylic acid groups (broad SMARTS) is 1. The van der Waals surface area contributed by atoms with Crippen molar-refractivity contribution in [2.45, 2.75) is 49.6 Å². The number of aliphatic carboxylic acids is 1. The van der Waals surface area contributed by atoms with Gasteiger partial charge in [0.05, 0.1) is 6.04 Å². The van der Waals surface area contributed by atoms with Gasteiger partial charge in [-0.1, -0.05) is 6.42 Å². The van der Waals surface area contributed by atoms with Gasteiger partial charge in [-0.2, -0.15) is 17.0 Å². The van der Waals surface area contributed by atoms with E-state index in [0.29, 0.717) is 25.9 Å². The first-order chi connectivity index (χ1) is 12.2. The quantitative estimate of drug-likeness (QED) is 0.274. The van der Waals surface area contributed by atoms with Crippen molar-refractivity contribution in [2.24, 2.45) is 11.7 Å². The maximum Gasteiger partial charge on any atom is 0.451 e. The van der Waals surface area contributed by atoms with E-state index < -0.39 is 34.8 Å². The van der Waals surface area contributed by atoms with Gasteiger partial charge in [-0.3, -0.25) is 4.79 Å². The van der Waals surface area contributed by atoms with E-state index in [1.165, 1.54) is 8.61 Å². The van der Waals surface area contributed by atoms with Gasteiger partial charge >= 0.3 is 13.1 Å². The Balaban J connectivity index is 1.76. The fourth-order valence-electron chi connectivity index (χ4n) is 3.80. The van der Waals surface area contributed by atoms with Gasteiger partial charge in [0.2, 0.25) is 0 Å². The number of hydrogen-bond acceptors (Lipinski definition) is 7. The van der Waals surface area contributed by atoms with Gasteiger partial charge in [-0.15, -0.1) is 0 Å². The van der Waals surface area contributed by atoms with Gasteiger partial charge < -0.3 is 26.2 Å². The summed E-state index contributed by atoms with van der Waals surface area (Å²) in [5.41, 5.74) is 4.44. The minimum absolute atomic E-state index is 0.00677. The van der Waals surface area contributed by atoms with Crippen molar-refractivity contribution < 1.29 is 28.4 Å². The van der Waals surface area contributed by atoms with Crippen molar-refractivity contribution in [3.63, 3.8) is 0 Å². The maximum absolute atomic E-state index is 13.2. The average Bonchev–Trinajstić information content (AvgIpc) is 3.26. The second-order valence-electron chi connectivity index (χ2n) is 7.63. The fraction of sp³-hybridized carbons (Fsp3) is 0.929. The van der Waals surface area contributed by atoms with Crippen molar-refractivity contribution in [1.29, 1.82) is 0 Å². The predicted molar refractivity (Wildman–Crippen MR) is 94.3 cm³/mol. The molecule has 3 aliphatic rings. The lowest BCUT2D eigenvalue weighted by Crippen LogP contribution is -2.62. The molecule has 3 rings (SSSR count). The molecule has 2 heterocycles. The summed E-state index contributed by atoms with van der Waals surface area (Å²) in [4.78, 5) is 11.8. The fourth-order valence-corrected chi connectivity index (χ4v) is 5.92. The number of carboxylic acids is 1. The van der Waals surface area contributed by atoms with Crippen LogP contribution in [-0.2, 0) is 15.0 Å². The van der Waals surface area contributed by atoms with Crippen LogP contribution in [0.5, 0.6) is 0 Å².